The molecular formula is C21H23N3O6. The number of ether oxygens (including phenoxy) is 3. The number of amides is 4. The molecule has 0 radical (unpaired) electrons. The first kappa shape index (κ1) is 21.1. The predicted molar refractivity (Wildman–Crippen MR) is 109 cm³/mol. The van der Waals surface area contributed by atoms with Crippen LogP contribution in [0.4, 0.5) is 10.5 Å². The van der Waals surface area contributed by atoms with Crippen molar-refractivity contribution in [1.82, 2.24) is 9.80 Å². The van der Waals surface area contributed by atoms with E-state index in [0.29, 0.717) is 29.5 Å². The van der Waals surface area contributed by atoms with Gasteiger partial charge in [0.05, 0.1) is 33.7 Å². The van der Waals surface area contributed by atoms with Gasteiger partial charge in [-0.1, -0.05) is 6.07 Å². The number of nitrogens with zero attached hydrogens (tertiary/aromatic N) is 3. The molecule has 2 aromatic rings. The second-order valence-electron chi connectivity index (χ2n) is 6.70. The normalized spacial score (nSPS) is 14.0. The minimum absolute atomic E-state index is 0.0373. The van der Waals surface area contributed by atoms with E-state index in [1.54, 1.807) is 56.5 Å². The first-order chi connectivity index (χ1) is 14.4. The summed E-state index contributed by atoms with van der Waals surface area (Å²) in [5.41, 5.74) is 1.21. The van der Waals surface area contributed by atoms with E-state index in [1.807, 2.05) is 12.1 Å². The number of urea groups is 1. The second kappa shape index (κ2) is 8.83. The summed E-state index contributed by atoms with van der Waals surface area (Å²) in [7, 11) is 6.37. The molecule has 30 heavy (non-hydrogen) atoms. The summed E-state index contributed by atoms with van der Waals surface area (Å²) in [5.74, 6) is 0.0162. The van der Waals surface area contributed by atoms with Gasteiger partial charge in [-0.2, -0.15) is 0 Å². The number of hydrogen-bond acceptors (Lipinski definition) is 7. The number of methoxy groups -OCH3 is 3. The maximum absolute atomic E-state index is 12.8. The van der Waals surface area contributed by atoms with Crippen LogP contribution in [-0.2, 0) is 16.1 Å². The van der Waals surface area contributed by atoms with Crippen LogP contribution >= 0.6 is 0 Å². The van der Waals surface area contributed by atoms with Gasteiger partial charge in [0.1, 0.15) is 5.75 Å². The Kier molecular flexibility index (Phi) is 6.22. The number of hydrogen-bond donors (Lipinski definition) is 0. The van der Waals surface area contributed by atoms with Gasteiger partial charge in [0.2, 0.25) is 0 Å². The predicted octanol–water partition coefficient (Wildman–Crippen LogP) is 2.10. The number of carbonyl (C=O) groups excluding carboxylic acids is 3. The van der Waals surface area contributed by atoms with Gasteiger partial charge >= 0.3 is 17.8 Å². The Morgan fingerprint density at radius 1 is 0.833 bits per heavy atom. The van der Waals surface area contributed by atoms with Gasteiger partial charge in [-0.15, -0.1) is 0 Å². The van der Waals surface area contributed by atoms with E-state index in [0.717, 1.165) is 15.4 Å². The standard InChI is InChI=1S/C21H23N3O6/c1-22(12-14-5-10-17(29-3)18(11-14)30-4)13-23-19(25)20(26)24(21(23)27)15-6-8-16(28-2)9-7-15/h5-11H,12-13H2,1-4H3. The third-order valence-corrected chi connectivity index (χ3v) is 4.67. The minimum Gasteiger partial charge on any atom is -0.497 e. The van der Waals surface area contributed by atoms with Crippen molar-refractivity contribution in [3.8, 4) is 17.2 Å². The fraction of sp³-hybridized carbons (Fsp3) is 0.286. The van der Waals surface area contributed by atoms with Crippen LogP contribution in [-0.4, -0.2) is 62.7 Å². The lowest BCUT2D eigenvalue weighted by atomic mass is 10.2. The number of rotatable bonds is 8. The molecule has 1 fully saturated rings. The highest BCUT2D eigenvalue weighted by Crippen LogP contribution is 2.28. The third kappa shape index (κ3) is 4.06. The van der Waals surface area contributed by atoms with E-state index < -0.39 is 17.8 Å². The molecule has 3 rings (SSSR count). The Balaban J connectivity index is 1.72. The largest absolute Gasteiger partial charge is 0.497 e. The Morgan fingerprint density at radius 3 is 2.10 bits per heavy atom. The molecule has 1 aliphatic heterocycles. The molecule has 0 unspecified atom stereocenters. The molecule has 0 aliphatic carbocycles. The van der Waals surface area contributed by atoms with E-state index in [2.05, 4.69) is 0 Å². The van der Waals surface area contributed by atoms with Crippen LogP contribution in [0.25, 0.3) is 0 Å². The summed E-state index contributed by atoms with van der Waals surface area (Å²) in [4.78, 5) is 41.1. The molecule has 1 aliphatic rings. The average Bonchev–Trinajstić information content (AvgIpc) is 2.96. The lowest BCUT2D eigenvalue weighted by Crippen LogP contribution is -2.40. The van der Waals surface area contributed by atoms with E-state index in [1.165, 1.54) is 7.11 Å². The summed E-state index contributed by atoms with van der Waals surface area (Å²) in [5, 5.41) is 0. The molecule has 0 saturated carbocycles. The molecule has 1 heterocycles. The Morgan fingerprint density at radius 2 is 1.50 bits per heavy atom. The summed E-state index contributed by atoms with van der Waals surface area (Å²) < 4.78 is 15.6. The zero-order chi connectivity index (χ0) is 21.8. The summed E-state index contributed by atoms with van der Waals surface area (Å²) in [6.45, 7) is 0.387. The molecule has 1 saturated heterocycles. The molecule has 0 aromatic heterocycles. The van der Waals surface area contributed by atoms with Crippen molar-refractivity contribution in [2.75, 3.05) is 39.9 Å². The molecule has 158 valence electrons. The van der Waals surface area contributed by atoms with Crippen LogP contribution in [0, 0.1) is 0 Å². The number of imide groups is 2. The smallest absolute Gasteiger partial charge is 0.340 e. The van der Waals surface area contributed by atoms with Crippen LogP contribution < -0.4 is 19.1 Å². The summed E-state index contributed by atoms with van der Waals surface area (Å²) in [6, 6.07) is 11.1. The van der Waals surface area contributed by atoms with Gasteiger partial charge < -0.3 is 14.2 Å². The molecule has 2 aromatic carbocycles. The number of benzene rings is 2. The van der Waals surface area contributed by atoms with Crippen molar-refractivity contribution in [1.29, 1.82) is 0 Å². The van der Waals surface area contributed by atoms with E-state index in [9.17, 15) is 14.4 Å². The highest BCUT2D eigenvalue weighted by atomic mass is 16.5. The second-order valence-corrected chi connectivity index (χ2v) is 6.70. The van der Waals surface area contributed by atoms with Gasteiger partial charge in [-0.05, 0) is 49.0 Å². The van der Waals surface area contributed by atoms with Crippen LogP contribution in [0.5, 0.6) is 17.2 Å². The molecule has 0 bridgehead atoms. The Labute approximate surface area is 174 Å². The SMILES string of the molecule is COc1ccc(N2C(=O)C(=O)N(CN(C)Cc3ccc(OC)c(OC)c3)C2=O)cc1. The molecule has 9 heteroatoms. The lowest BCUT2D eigenvalue weighted by molar-refractivity contribution is -0.140. The topological polar surface area (TPSA) is 88.6 Å². The average molecular weight is 413 g/mol. The fourth-order valence-electron chi connectivity index (χ4n) is 3.17. The van der Waals surface area contributed by atoms with Crippen molar-refractivity contribution in [2.24, 2.45) is 0 Å². The molecular weight excluding hydrogens is 390 g/mol. The first-order valence-corrected chi connectivity index (χ1v) is 9.13. The van der Waals surface area contributed by atoms with Crippen molar-refractivity contribution >= 4 is 23.5 Å². The molecule has 4 amide bonds. The number of carbonyl (C=O) groups is 3. The molecule has 9 nitrogen and oxygen atoms in total. The monoisotopic (exact) mass is 413 g/mol. The van der Waals surface area contributed by atoms with E-state index in [4.69, 9.17) is 14.2 Å². The Hall–Kier alpha value is -3.59. The van der Waals surface area contributed by atoms with Crippen molar-refractivity contribution in [2.45, 2.75) is 6.54 Å². The van der Waals surface area contributed by atoms with Crippen molar-refractivity contribution in [3.05, 3.63) is 48.0 Å². The van der Waals surface area contributed by atoms with Gasteiger partial charge in [-0.25, -0.2) is 14.6 Å². The van der Waals surface area contributed by atoms with Crippen molar-refractivity contribution < 1.29 is 28.6 Å². The quantitative estimate of drug-likeness (QED) is 0.484. The van der Waals surface area contributed by atoms with E-state index in [-0.39, 0.29) is 6.67 Å². The number of anilines is 1. The van der Waals surface area contributed by atoms with Crippen molar-refractivity contribution in [3.63, 3.8) is 0 Å². The summed E-state index contributed by atoms with van der Waals surface area (Å²) in [6.07, 6.45) is 0. The van der Waals surface area contributed by atoms with Crippen LogP contribution in [0.15, 0.2) is 42.5 Å². The van der Waals surface area contributed by atoms with Gasteiger partial charge in [0.15, 0.2) is 11.5 Å². The first-order valence-electron chi connectivity index (χ1n) is 9.13. The zero-order valence-electron chi connectivity index (χ0n) is 17.2. The van der Waals surface area contributed by atoms with Gasteiger partial charge in [-0.3, -0.25) is 14.5 Å². The highest BCUT2D eigenvalue weighted by Gasteiger charge is 2.45. The van der Waals surface area contributed by atoms with E-state index >= 15 is 0 Å². The molecule has 0 spiro atoms. The lowest BCUT2D eigenvalue weighted by Gasteiger charge is -2.23. The van der Waals surface area contributed by atoms with Crippen LogP contribution in [0.2, 0.25) is 0 Å². The molecule has 0 atom stereocenters. The Bertz CT molecular complexity index is 960. The third-order valence-electron chi connectivity index (χ3n) is 4.67. The minimum atomic E-state index is -0.885. The van der Waals surface area contributed by atoms with Crippen LogP contribution in [0.1, 0.15) is 5.56 Å². The van der Waals surface area contributed by atoms with Gasteiger partial charge in [0.25, 0.3) is 0 Å². The zero-order valence-corrected chi connectivity index (χ0v) is 17.2. The fourth-order valence-corrected chi connectivity index (χ4v) is 3.17. The summed E-state index contributed by atoms with van der Waals surface area (Å²) >= 11 is 0. The maximum atomic E-state index is 12.8. The van der Waals surface area contributed by atoms with Gasteiger partial charge in [0, 0.05) is 6.54 Å². The highest BCUT2D eigenvalue weighted by molar-refractivity contribution is 6.52. The molecule has 0 N–H and O–H groups in total. The van der Waals surface area contributed by atoms with Crippen LogP contribution in [0.3, 0.4) is 0 Å². The maximum Gasteiger partial charge on any atom is 0.340 e.